The van der Waals surface area contributed by atoms with Gasteiger partial charge in [0.15, 0.2) is 29.9 Å². The highest BCUT2D eigenvalue weighted by molar-refractivity contribution is 6.32. The third-order valence-electron chi connectivity index (χ3n) is 18.6. The number of aliphatic carboxylic acids is 1. The van der Waals surface area contributed by atoms with Gasteiger partial charge in [-0.15, -0.1) is 0 Å². The third-order valence-corrected chi connectivity index (χ3v) is 19.2. The van der Waals surface area contributed by atoms with E-state index in [2.05, 4.69) is 37.2 Å². The maximum absolute atomic E-state index is 16.1. The quantitative estimate of drug-likeness (QED) is 0.0641. The minimum atomic E-state index is -3.02. The lowest BCUT2D eigenvalue weighted by Gasteiger charge is -2.47. The Balaban J connectivity index is 1.16. The highest BCUT2D eigenvalue weighted by Gasteiger charge is 2.52. The van der Waals surface area contributed by atoms with E-state index in [0.717, 1.165) is 66.7 Å². The number of fused-ring (bicyclic) bond motifs is 12. The number of carboxylic acid groups (broad SMARTS) is 1. The van der Waals surface area contributed by atoms with Gasteiger partial charge in [0.2, 0.25) is 59.2 Å². The van der Waals surface area contributed by atoms with Gasteiger partial charge in [0.25, 0.3) is 0 Å². The highest BCUT2D eigenvalue weighted by Crippen LogP contribution is 2.53. The van der Waals surface area contributed by atoms with Crippen LogP contribution in [0.4, 0.5) is 0 Å². The molecule has 1 aliphatic carbocycles. The first-order valence-corrected chi connectivity index (χ1v) is 32.9. The van der Waals surface area contributed by atoms with Gasteiger partial charge >= 0.3 is 5.97 Å². The molecule has 0 saturated carbocycles. The number of benzene rings is 5. The zero-order chi connectivity index (χ0) is 74.0. The topological polar surface area (TPSA) is 530 Å². The van der Waals surface area contributed by atoms with Crippen molar-refractivity contribution in [1.82, 2.24) is 37.2 Å². The second-order valence-corrected chi connectivity index (χ2v) is 27.3. The number of primary amides is 1. The molecule has 18 atom stereocenters. The largest absolute Gasteiger partial charge is 0.508 e. The average molecular weight is 1460 g/mol. The first-order valence-electron chi connectivity index (χ1n) is 32.1. The van der Waals surface area contributed by atoms with Crippen LogP contribution in [0.1, 0.15) is 116 Å². The number of nitrogens with two attached hydrogens (primary N) is 2. The molecule has 13 rings (SSSR count). The van der Waals surface area contributed by atoms with Crippen LogP contribution >= 0.6 is 23.2 Å². The van der Waals surface area contributed by atoms with Crippen LogP contribution in [0.15, 0.2) is 78.9 Å². The fraction of sp³-hybridized carbons (Fsp3) is 0.433. The Labute approximate surface area is 589 Å². The number of hydrogen-bond acceptors (Lipinski definition) is 25. The molecule has 5 aromatic carbocycles. The molecular weight excluding hydrogens is 1390 g/mol. The Bertz CT molecular complexity index is 4180. The monoisotopic (exact) mass is 1460 g/mol. The van der Waals surface area contributed by atoms with Crippen LogP contribution in [0.2, 0.25) is 10.0 Å². The van der Waals surface area contributed by atoms with Crippen LogP contribution in [0.3, 0.4) is 0 Å². The van der Waals surface area contributed by atoms with E-state index in [1.165, 1.54) is 33.0 Å². The van der Waals surface area contributed by atoms with Gasteiger partial charge in [-0.2, -0.15) is 0 Å². The highest BCUT2D eigenvalue weighted by atomic mass is 35.5. The molecule has 2 saturated heterocycles. The van der Waals surface area contributed by atoms with E-state index in [0.29, 0.717) is 0 Å². The van der Waals surface area contributed by atoms with Gasteiger partial charge in [-0.3, -0.25) is 33.6 Å². The summed E-state index contributed by atoms with van der Waals surface area (Å²) in [5.74, 6) is -17.2. The number of ether oxygens (including phenoxy) is 6. The molecule has 35 heteroatoms. The number of rotatable bonds is 13. The van der Waals surface area contributed by atoms with E-state index in [1.54, 1.807) is 0 Å². The summed E-state index contributed by atoms with van der Waals surface area (Å²) in [5.41, 5.74) is 7.91. The lowest BCUT2D eigenvalue weighted by atomic mass is 9.86. The number of carboxylic acids is 1. The Morgan fingerprint density at radius 2 is 1.33 bits per heavy atom. The first-order chi connectivity index (χ1) is 48.1. The minimum absolute atomic E-state index is 0.0962. The number of aliphatic hydroxyl groups is 8. The first kappa shape index (κ1) is 74.3. The Morgan fingerprint density at radius 1 is 0.725 bits per heavy atom. The molecular formula is C67H75Cl2N9O24. The predicted molar refractivity (Wildman–Crippen MR) is 351 cm³/mol. The smallest absolute Gasteiger partial charge is 0.330 e. The van der Waals surface area contributed by atoms with Gasteiger partial charge in [-0.25, -0.2) is 4.79 Å². The molecule has 0 spiro atoms. The Morgan fingerprint density at radius 3 is 1.92 bits per heavy atom. The molecule has 21 N–H and O–H groups in total. The molecule has 11 bridgehead atoms. The van der Waals surface area contributed by atoms with Crippen LogP contribution in [0.5, 0.6) is 34.5 Å². The number of hydrogen-bond donors (Lipinski definition) is 19. The molecule has 0 radical (unpaired) electrons. The summed E-state index contributed by atoms with van der Waals surface area (Å²) in [6.45, 7) is 5.67. The zero-order valence-corrected chi connectivity index (χ0v) is 56.3. The second kappa shape index (κ2) is 29.1. The number of likely N-dealkylation sites (N-methyl/N-ethyl adjacent to an activating group) is 1. The number of aliphatic hydroxyl groups excluding tert-OH is 6. The van der Waals surface area contributed by atoms with Gasteiger partial charge in [0, 0.05) is 23.1 Å². The van der Waals surface area contributed by atoms with Crippen LogP contribution in [-0.2, 0) is 58.4 Å². The third kappa shape index (κ3) is 14.6. The molecule has 102 heavy (non-hydrogen) atoms. The Hall–Kier alpha value is -8.88. The number of phenolic OH excluding ortho intramolecular Hbond substituents is 1. The van der Waals surface area contributed by atoms with E-state index in [1.807, 2.05) is 13.8 Å². The van der Waals surface area contributed by atoms with Crippen molar-refractivity contribution in [3.8, 4) is 45.6 Å². The predicted octanol–water partition coefficient (Wildman–Crippen LogP) is -0.806. The molecule has 0 aromatic heterocycles. The van der Waals surface area contributed by atoms with Crippen molar-refractivity contribution < 1.29 is 118 Å². The van der Waals surface area contributed by atoms with Crippen molar-refractivity contribution in [3.05, 3.63) is 128 Å². The van der Waals surface area contributed by atoms with Crippen molar-refractivity contribution in [2.75, 3.05) is 13.7 Å². The maximum Gasteiger partial charge on any atom is 0.330 e. The van der Waals surface area contributed by atoms with Crippen molar-refractivity contribution in [1.29, 1.82) is 0 Å². The fourth-order valence-electron chi connectivity index (χ4n) is 13.3. The van der Waals surface area contributed by atoms with Gasteiger partial charge in [0.05, 0.1) is 41.3 Å². The molecule has 8 aliphatic rings. The van der Waals surface area contributed by atoms with Crippen molar-refractivity contribution in [3.63, 3.8) is 0 Å². The van der Waals surface area contributed by atoms with Gasteiger partial charge in [-0.1, -0.05) is 61.3 Å². The number of nitrogens with one attached hydrogen (secondary N) is 7. The fourth-order valence-corrected chi connectivity index (χ4v) is 13.7. The van der Waals surface area contributed by atoms with Gasteiger partial charge < -0.3 is 128 Å². The summed E-state index contributed by atoms with van der Waals surface area (Å²) in [5, 5.41) is 132. The summed E-state index contributed by atoms with van der Waals surface area (Å²) in [6.07, 6.45) is -18.5. The number of aromatic hydroxyl groups is 1. The average Bonchev–Trinajstić information content (AvgIpc) is 1.61. The molecule has 18 unspecified atom stereocenters. The van der Waals surface area contributed by atoms with E-state index in [4.69, 9.17) is 63.1 Å². The normalized spacial score (nSPS) is 30.1. The van der Waals surface area contributed by atoms with E-state index < -0.39 is 226 Å². The second-order valence-electron chi connectivity index (χ2n) is 26.4. The number of carbonyl (C=O) groups is 8. The van der Waals surface area contributed by atoms with E-state index >= 15 is 14.4 Å². The van der Waals surface area contributed by atoms with Gasteiger partial charge in [-0.05, 0) is 127 Å². The summed E-state index contributed by atoms with van der Waals surface area (Å²) >= 11 is 14.1. The molecule has 546 valence electrons. The molecule has 2 fully saturated rings. The standard InChI is InChI=1S/C67H75Cl2N9O24/c1-23(2)12-36(72-5)58(87)77-49-51(82)26-7-10-38(34(68)14-26)98-40-16-28-17-41(55(40)102-65-56(54(85)53(84)42(22-79)100-65)101-44-21-66(4,71)57(86)24(3)97-44)99-39-11-8-27(15-35(39)69)52(83)50-63(92)76-48(64(93)94)31-18-29(80)19-33-45(31)30-13-25(6-9-32(30)67(33,95)96)46(60(89)78-50)75-61(90)47(28)74-59(88)37(20-43(70)81)73-62(49)91/h6-11,13-19,23-24,36-37,42,44,46-54,56-57,65,72,79-80,82-86,95-96H,12,20-22,71H2,1-5H3,(H2,70,81)(H,73,91)(H,74,88)(H,75,90)(H,76,92)(H,77,87)(H,78,89)(H,93,94). The lowest BCUT2D eigenvalue weighted by Crippen LogP contribution is -2.64. The number of carbonyl (C=O) groups excluding carboxylic acids is 7. The Kier molecular flexibility index (Phi) is 21.2. The molecule has 7 aliphatic heterocycles. The number of halogens is 2. The van der Waals surface area contributed by atoms with Crippen LogP contribution in [0.25, 0.3) is 11.1 Å². The summed E-state index contributed by atoms with van der Waals surface area (Å²) < 4.78 is 38.4. The van der Waals surface area contributed by atoms with E-state index in [9.17, 15) is 75.0 Å². The van der Waals surface area contributed by atoms with Crippen molar-refractivity contribution in [2.45, 2.75) is 162 Å². The van der Waals surface area contributed by atoms with Gasteiger partial charge in [0.1, 0.15) is 78.0 Å². The molecule has 33 nitrogen and oxygen atoms in total. The van der Waals surface area contributed by atoms with Crippen LogP contribution in [0, 0.1) is 5.92 Å². The van der Waals surface area contributed by atoms with Crippen LogP contribution < -0.4 is 62.9 Å². The maximum atomic E-state index is 16.1. The summed E-state index contributed by atoms with van der Waals surface area (Å²) in [4.78, 5) is 117. The summed E-state index contributed by atoms with van der Waals surface area (Å²) in [6, 6.07) is 0.0700. The van der Waals surface area contributed by atoms with Crippen molar-refractivity contribution in [2.24, 2.45) is 17.4 Å². The lowest BCUT2D eigenvalue weighted by molar-refractivity contribution is -0.333. The van der Waals surface area contributed by atoms with Crippen molar-refractivity contribution >= 4 is 70.5 Å². The number of amides is 7. The molecule has 7 amide bonds. The SMILES string of the molecule is CNC(CC(C)C)C(=O)NC1C(=O)NC(CC(N)=O)C(=O)NC2C(=O)NC3C(=O)NC(C(=O)NC(C(=O)O)c4cc(O)cc5c4-c4cc3ccc4C5(O)O)C(O)c3ccc(c(Cl)c3)Oc3cc2cc(c3OC2OC(CO)C(O)C(O)C2OC2CC(C)(N)C(O)C(C)O2)Oc2ccc(cc2Cl)C1O. The molecule has 7 heterocycles. The minimum Gasteiger partial charge on any atom is -0.508 e. The zero-order valence-electron chi connectivity index (χ0n) is 54.8. The molecule has 5 aromatic rings. The number of phenols is 1. The summed E-state index contributed by atoms with van der Waals surface area (Å²) in [7, 11) is 1.48. The van der Waals surface area contributed by atoms with E-state index in [-0.39, 0.29) is 62.9 Å². The van der Waals surface area contributed by atoms with Crippen LogP contribution in [-0.4, -0.2) is 191 Å².